The molecule has 1 N–H and O–H groups in total. The van der Waals surface area contributed by atoms with Crippen molar-refractivity contribution in [3.63, 3.8) is 0 Å². The number of aliphatic hydroxyl groups is 1. The summed E-state index contributed by atoms with van der Waals surface area (Å²) in [7, 11) is 0. The minimum Gasteiger partial charge on any atom is -0.396 e. The molecule has 0 amide bonds. The number of hydrogen-bond acceptors (Lipinski definition) is 2. The predicted molar refractivity (Wildman–Crippen MR) is 58.2 cm³/mol. The summed E-state index contributed by atoms with van der Waals surface area (Å²) in [5.74, 6) is 0.575. The normalized spacial score (nSPS) is 38.6. The maximum atomic E-state index is 9.33. The number of fused-ring (bicyclic) bond motifs is 1. The molecule has 2 saturated heterocycles. The van der Waals surface area contributed by atoms with Gasteiger partial charge in [0.2, 0.25) is 0 Å². The minimum atomic E-state index is 0.403. The van der Waals surface area contributed by atoms with Gasteiger partial charge in [-0.05, 0) is 44.6 Å². The molecule has 2 heteroatoms. The SMILES string of the molecule is CCC[C@@H]1CC[C@H](CO)[C@@H]2CCCN12. The lowest BCUT2D eigenvalue weighted by Gasteiger charge is -2.42. The molecular weight excluding hydrogens is 174 g/mol. The van der Waals surface area contributed by atoms with Crippen LogP contribution >= 0.6 is 0 Å². The van der Waals surface area contributed by atoms with Crippen molar-refractivity contribution in [2.45, 2.75) is 57.5 Å². The summed E-state index contributed by atoms with van der Waals surface area (Å²) in [5, 5.41) is 9.33. The van der Waals surface area contributed by atoms with Gasteiger partial charge in [0, 0.05) is 18.7 Å². The molecule has 2 heterocycles. The Morgan fingerprint density at radius 3 is 2.86 bits per heavy atom. The van der Waals surface area contributed by atoms with E-state index < -0.39 is 0 Å². The van der Waals surface area contributed by atoms with Crippen LogP contribution in [0.3, 0.4) is 0 Å². The van der Waals surface area contributed by atoms with Crippen LogP contribution in [0.5, 0.6) is 0 Å². The van der Waals surface area contributed by atoms with E-state index in [0.717, 1.165) is 6.04 Å². The van der Waals surface area contributed by atoms with Gasteiger partial charge in [0.15, 0.2) is 0 Å². The number of nitrogens with zero attached hydrogens (tertiary/aromatic N) is 1. The summed E-state index contributed by atoms with van der Waals surface area (Å²) in [6, 6.07) is 1.54. The molecule has 0 unspecified atom stereocenters. The fourth-order valence-corrected chi connectivity index (χ4v) is 3.40. The third kappa shape index (κ3) is 1.82. The second-order valence-electron chi connectivity index (χ2n) is 4.91. The Balaban J connectivity index is 1.99. The molecule has 82 valence electrons. The van der Waals surface area contributed by atoms with Crippen LogP contribution in [0.4, 0.5) is 0 Å². The van der Waals surface area contributed by atoms with Gasteiger partial charge in [-0.3, -0.25) is 4.90 Å². The van der Waals surface area contributed by atoms with E-state index in [0.29, 0.717) is 18.6 Å². The minimum absolute atomic E-state index is 0.403. The molecule has 0 bridgehead atoms. The molecule has 2 aliphatic heterocycles. The fourth-order valence-electron chi connectivity index (χ4n) is 3.40. The van der Waals surface area contributed by atoms with E-state index in [4.69, 9.17) is 0 Å². The third-order valence-corrected chi connectivity index (χ3v) is 4.08. The van der Waals surface area contributed by atoms with Crippen LogP contribution in [0.2, 0.25) is 0 Å². The van der Waals surface area contributed by atoms with Crippen molar-refractivity contribution in [3.8, 4) is 0 Å². The van der Waals surface area contributed by atoms with Gasteiger partial charge in [0.1, 0.15) is 0 Å². The van der Waals surface area contributed by atoms with Gasteiger partial charge in [-0.15, -0.1) is 0 Å². The van der Waals surface area contributed by atoms with Crippen LogP contribution in [0.15, 0.2) is 0 Å². The first-order valence-corrected chi connectivity index (χ1v) is 6.23. The van der Waals surface area contributed by atoms with Gasteiger partial charge >= 0.3 is 0 Å². The first-order chi connectivity index (χ1) is 6.86. The second kappa shape index (κ2) is 4.63. The van der Waals surface area contributed by atoms with Gasteiger partial charge in [-0.2, -0.15) is 0 Å². The summed E-state index contributed by atoms with van der Waals surface area (Å²) >= 11 is 0. The average molecular weight is 197 g/mol. The molecule has 0 radical (unpaired) electrons. The number of rotatable bonds is 3. The summed E-state index contributed by atoms with van der Waals surface area (Å²) in [6.45, 7) is 3.97. The highest BCUT2D eigenvalue weighted by Gasteiger charge is 2.38. The van der Waals surface area contributed by atoms with Crippen molar-refractivity contribution in [3.05, 3.63) is 0 Å². The van der Waals surface area contributed by atoms with Crippen molar-refractivity contribution in [1.82, 2.24) is 4.90 Å². The Morgan fingerprint density at radius 2 is 2.14 bits per heavy atom. The lowest BCUT2D eigenvalue weighted by Crippen LogP contribution is -2.48. The first kappa shape index (κ1) is 10.4. The van der Waals surface area contributed by atoms with E-state index in [9.17, 15) is 5.11 Å². The molecule has 0 aromatic rings. The first-order valence-electron chi connectivity index (χ1n) is 6.23. The van der Waals surface area contributed by atoms with Crippen LogP contribution in [-0.2, 0) is 0 Å². The van der Waals surface area contributed by atoms with E-state index in [1.165, 1.54) is 45.1 Å². The Kier molecular flexibility index (Phi) is 3.45. The van der Waals surface area contributed by atoms with Crippen LogP contribution < -0.4 is 0 Å². The Morgan fingerprint density at radius 1 is 1.29 bits per heavy atom. The van der Waals surface area contributed by atoms with Crippen LogP contribution in [0, 0.1) is 5.92 Å². The van der Waals surface area contributed by atoms with Gasteiger partial charge in [-0.25, -0.2) is 0 Å². The highest BCUT2D eigenvalue weighted by Crippen LogP contribution is 2.36. The van der Waals surface area contributed by atoms with Crippen LogP contribution in [0.25, 0.3) is 0 Å². The number of aliphatic hydroxyl groups excluding tert-OH is 1. The summed E-state index contributed by atoms with van der Waals surface area (Å²) < 4.78 is 0. The lowest BCUT2D eigenvalue weighted by atomic mass is 9.85. The number of piperidine rings is 1. The van der Waals surface area contributed by atoms with E-state index in [-0.39, 0.29) is 0 Å². The molecule has 2 rings (SSSR count). The van der Waals surface area contributed by atoms with Crippen molar-refractivity contribution >= 4 is 0 Å². The molecule has 0 spiro atoms. The highest BCUT2D eigenvalue weighted by atomic mass is 16.3. The monoisotopic (exact) mass is 197 g/mol. The largest absolute Gasteiger partial charge is 0.396 e. The molecular formula is C12H23NO. The quantitative estimate of drug-likeness (QED) is 0.748. The van der Waals surface area contributed by atoms with Crippen molar-refractivity contribution in [2.75, 3.05) is 13.2 Å². The smallest absolute Gasteiger partial charge is 0.0474 e. The fraction of sp³-hybridized carbons (Fsp3) is 1.00. The maximum absolute atomic E-state index is 9.33. The molecule has 14 heavy (non-hydrogen) atoms. The highest BCUT2D eigenvalue weighted by molar-refractivity contribution is 4.93. The zero-order chi connectivity index (χ0) is 9.97. The van der Waals surface area contributed by atoms with E-state index in [1.54, 1.807) is 0 Å². The molecule has 0 aliphatic carbocycles. The van der Waals surface area contributed by atoms with E-state index in [2.05, 4.69) is 11.8 Å². The van der Waals surface area contributed by atoms with Crippen LogP contribution in [0.1, 0.15) is 45.4 Å². The molecule has 2 nitrogen and oxygen atoms in total. The van der Waals surface area contributed by atoms with Crippen molar-refractivity contribution in [1.29, 1.82) is 0 Å². The second-order valence-corrected chi connectivity index (χ2v) is 4.91. The summed E-state index contributed by atoms with van der Waals surface area (Å²) in [4.78, 5) is 2.69. The molecule has 0 saturated carbocycles. The molecule has 2 fully saturated rings. The third-order valence-electron chi connectivity index (χ3n) is 4.08. The standard InChI is InChI=1S/C12H23NO/c1-2-4-11-7-6-10(9-14)12-5-3-8-13(11)12/h10-12,14H,2-9H2,1H3/t10-,11-,12+/m1/s1. The van der Waals surface area contributed by atoms with Crippen molar-refractivity contribution < 1.29 is 5.11 Å². The van der Waals surface area contributed by atoms with Crippen LogP contribution in [-0.4, -0.2) is 35.2 Å². The van der Waals surface area contributed by atoms with Gasteiger partial charge < -0.3 is 5.11 Å². The topological polar surface area (TPSA) is 23.5 Å². The molecule has 0 aromatic heterocycles. The number of hydrogen-bond donors (Lipinski definition) is 1. The van der Waals surface area contributed by atoms with Gasteiger partial charge in [-0.1, -0.05) is 13.3 Å². The van der Waals surface area contributed by atoms with Gasteiger partial charge in [0.05, 0.1) is 0 Å². The lowest BCUT2D eigenvalue weighted by molar-refractivity contribution is 0.0396. The Bertz CT molecular complexity index is 183. The zero-order valence-corrected chi connectivity index (χ0v) is 9.28. The summed E-state index contributed by atoms with van der Waals surface area (Å²) in [5.41, 5.74) is 0. The predicted octanol–water partition coefficient (Wildman–Crippen LogP) is 2.02. The summed E-state index contributed by atoms with van der Waals surface area (Å²) in [6.07, 6.45) is 7.90. The average Bonchev–Trinajstić information content (AvgIpc) is 2.67. The Labute approximate surface area is 87.3 Å². The maximum Gasteiger partial charge on any atom is 0.0474 e. The van der Waals surface area contributed by atoms with Crippen molar-refractivity contribution in [2.24, 2.45) is 5.92 Å². The zero-order valence-electron chi connectivity index (χ0n) is 9.28. The van der Waals surface area contributed by atoms with E-state index >= 15 is 0 Å². The Hall–Kier alpha value is -0.0800. The van der Waals surface area contributed by atoms with E-state index in [1.807, 2.05) is 0 Å². The molecule has 2 aliphatic rings. The molecule has 0 aromatic carbocycles. The molecule has 3 atom stereocenters. The van der Waals surface area contributed by atoms with Gasteiger partial charge in [0.25, 0.3) is 0 Å².